The minimum atomic E-state index is -0.181. The molecule has 2 aromatic carbocycles. The van der Waals surface area contributed by atoms with Gasteiger partial charge in [0.05, 0.1) is 17.0 Å². The summed E-state index contributed by atoms with van der Waals surface area (Å²) in [6.45, 7) is 9.92. The van der Waals surface area contributed by atoms with Crippen LogP contribution in [0.5, 0.6) is 0 Å². The molecule has 1 amide bonds. The van der Waals surface area contributed by atoms with Crippen LogP contribution in [0.4, 0.5) is 5.69 Å². The van der Waals surface area contributed by atoms with E-state index in [0.29, 0.717) is 5.56 Å². The Bertz CT molecular complexity index is 1230. The van der Waals surface area contributed by atoms with Crippen molar-refractivity contribution in [3.63, 3.8) is 0 Å². The zero-order valence-corrected chi connectivity index (χ0v) is 17.4. The topological polar surface area (TPSA) is 59.3 Å². The zero-order chi connectivity index (χ0) is 20.7. The second-order valence-electron chi connectivity index (χ2n) is 7.54. The van der Waals surface area contributed by atoms with E-state index in [1.165, 1.54) is 5.56 Å². The molecule has 146 valence electrons. The molecule has 29 heavy (non-hydrogen) atoms. The number of para-hydroxylation sites is 1. The minimum Gasteiger partial charge on any atom is -0.321 e. The van der Waals surface area contributed by atoms with Gasteiger partial charge in [0, 0.05) is 17.4 Å². The van der Waals surface area contributed by atoms with Crippen molar-refractivity contribution in [2.75, 3.05) is 5.32 Å². The normalized spacial score (nSPS) is 11.1. The highest BCUT2D eigenvalue weighted by Gasteiger charge is 2.19. The summed E-state index contributed by atoms with van der Waals surface area (Å²) in [5, 5.41) is 7.72. The van der Waals surface area contributed by atoms with Gasteiger partial charge in [0.1, 0.15) is 0 Å². The van der Waals surface area contributed by atoms with E-state index in [2.05, 4.69) is 40.5 Å². The SMILES string of the molecule is Cc1cccc(-c2c(C)nn3c(C)c(C(=O)Nc4c(C)cccc4C)cnc23)c1. The van der Waals surface area contributed by atoms with Gasteiger partial charge in [-0.3, -0.25) is 4.79 Å². The van der Waals surface area contributed by atoms with Crippen molar-refractivity contribution in [3.05, 3.63) is 82.3 Å². The first kappa shape index (κ1) is 18.9. The van der Waals surface area contributed by atoms with E-state index in [0.717, 1.165) is 45.0 Å². The molecule has 1 N–H and O–H groups in total. The maximum atomic E-state index is 13.0. The molecule has 4 rings (SSSR count). The minimum absolute atomic E-state index is 0.181. The van der Waals surface area contributed by atoms with E-state index < -0.39 is 0 Å². The second-order valence-corrected chi connectivity index (χ2v) is 7.54. The Kier molecular flexibility index (Phi) is 4.66. The van der Waals surface area contributed by atoms with Crippen molar-refractivity contribution >= 4 is 17.2 Å². The van der Waals surface area contributed by atoms with Gasteiger partial charge in [-0.05, 0) is 51.3 Å². The highest BCUT2D eigenvalue weighted by molar-refractivity contribution is 6.05. The summed E-state index contributed by atoms with van der Waals surface area (Å²) in [5.41, 5.74) is 9.09. The lowest BCUT2D eigenvalue weighted by Gasteiger charge is -2.13. The first-order valence-electron chi connectivity index (χ1n) is 9.66. The first-order valence-corrected chi connectivity index (χ1v) is 9.66. The molecule has 0 saturated heterocycles. The van der Waals surface area contributed by atoms with Crippen molar-refractivity contribution in [2.45, 2.75) is 34.6 Å². The fraction of sp³-hybridized carbons (Fsp3) is 0.208. The number of amides is 1. The van der Waals surface area contributed by atoms with Crippen molar-refractivity contribution in [3.8, 4) is 11.1 Å². The van der Waals surface area contributed by atoms with Crippen molar-refractivity contribution in [2.24, 2.45) is 0 Å². The maximum absolute atomic E-state index is 13.0. The number of carbonyl (C=O) groups excluding carboxylic acids is 1. The summed E-state index contributed by atoms with van der Waals surface area (Å²) in [7, 11) is 0. The number of hydrogen-bond acceptors (Lipinski definition) is 3. The van der Waals surface area contributed by atoms with Crippen LogP contribution in [-0.4, -0.2) is 20.5 Å². The van der Waals surface area contributed by atoms with Gasteiger partial charge in [-0.2, -0.15) is 5.10 Å². The quantitative estimate of drug-likeness (QED) is 0.529. The van der Waals surface area contributed by atoms with Gasteiger partial charge in [0.2, 0.25) is 0 Å². The van der Waals surface area contributed by atoms with Crippen LogP contribution in [-0.2, 0) is 0 Å². The molecule has 0 aliphatic carbocycles. The predicted molar refractivity (Wildman–Crippen MR) is 117 cm³/mol. The van der Waals surface area contributed by atoms with Crippen LogP contribution in [0.25, 0.3) is 16.8 Å². The third kappa shape index (κ3) is 3.29. The number of nitrogens with one attached hydrogen (secondary N) is 1. The number of nitrogens with zero attached hydrogens (tertiary/aromatic N) is 3. The average Bonchev–Trinajstić information content (AvgIpc) is 3.02. The Morgan fingerprint density at radius 3 is 2.34 bits per heavy atom. The third-order valence-electron chi connectivity index (χ3n) is 5.33. The summed E-state index contributed by atoms with van der Waals surface area (Å²) in [6, 6.07) is 14.3. The lowest BCUT2D eigenvalue weighted by Crippen LogP contribution is -2.17. The van der Waals surface area contributed by atoms with Crippen LogP contribution in [0, 0.1) is 34.6 Å². The molecule has 0 aliphatic heterocycles. The molecule has 0 spiro atoms. The van der Waals surface area contributed by atoms with Crippen molar-refractivity contribution in [1.29, 1.82) is 0 Å². The summed E-state index contributed by atoms with van der Waals surface area (Å²) < 4.78 is 1.77. The third-order valence-corrected chi connectivity index (χ3v) is 5.33. The van der Waals surface area contributed by atoms with E-state index in [1.54, 1.807) is 10.7 Å². The standard InChI is InChI=1S/C24H24N4O/c1-14-8-6-11-19(12-14)21-17(4)27-28-18(5)20(13-25-23(21)28)24(29)26-22-15(2)9-7-10-16(22)3/h6-13H,1-5H3,(H,26,29). The monoisotopic (exact) mass is 384 g/mol. The van der Waals surface area contributed by atoms with Gasteiger partial charge in [0.15, 0.2) is 5.65 Å². The zero-order valence-electron chi connectivity index (χ0n) is 17.4. The molecule has 0 bridgehead atoms. The maximum Gasteiger partial charge on any atom is 0.259 e. The lowest BCUT2D eigenvalue weighted by molar-refractivity contribution is 0.102. The van der Waals surface area contributed by atoms with Crippen LogP contribution >= 0.6 is 0 Å². The highest BCUT2D eigenvalue weighted by Crippen LogP contribution is 2.29. The fourth-order valence-corrected chi connectivity index (χ4v) is 3.76. The smallest absolute Gasteiger partial charge is 0.259 e. The van der Waals surface area contributed by atoms with E-state index in [1.807, 2.05) is 52.0 Å². The van der Waals surface area contributed by atoms with Gasteiger partial charge < -0.3 is 5.32 Å². The Morgan fingerprint density at radius 1 is 0.966 bits per heavy atom. The number of benzene rings is 2. The van der Waals surface area contributed by atoms with E-state index in [9.17, 15) is 4.79 Å². The molecular formula is C24H24N4O. The number of anilines is 1. The Balaban J connectivity index is 1.78. The van der Waals surface area contributed by atoms with Crippen molar-refractivity contribution < 1.29 is 4.79 Å². The molecular weight excluding hydrogens is 360 g/mol. The molecule has 4 aromatic rings. The number of rotatable bonds is 3. The first-order chi connectivity index (χ1) is 13.9. The molecule has 0 saturated carbocycles. The number of hydrogen-bond donors (Lipinski definition) is 1. The number of aryl methyl sites for hydroxylation is 5. The molecule has 5 nitrogen and oxygen atoms in total. The van der Waals surface area contributed by atoms with Gasteiger partial charge in [-0.15, -0.1) is 0 Å². The largest absolute Gasteiger partial charge is 0.321 e. The van der Waals surface area contributed by atoms with E-state index in [-0.39, 0.29) is 5.91 Å². The Morgan fingerprint density at radius 2 is 1.66 bits per heavy atom. The predicted octanol–water partition coefficient (Wildman–Crippen LogP) is 5.19. The number of fused-ring (bicyclic) bond motifs is 1. The lowest BCUT2D eigenvalue weighted by atomic mass is 10.0. The fourth-order valence-electron chi connectivity index (χ4n) is 3.76. The van der Waals surface area contributed by atoms with Gasteiger partial charge in [0.25, 0.3) is 5.91 Å². The van der Waals surface area contributed by atoms with Crippen LogP contribution in [0.1, 0.15) is 38.4 Å². The number of aromatic nitrogens is 3. The Labute approximate surface area is 170 Å². The van der Waals surface area contributed by atoms with Gasteiger partial charge >= 0.3 is 0 Å². The highest BCUT2D eigenvalue weighted by atomic mass is 16.1. The molecule has 0 radical (unpaired) electrons. The van der Waals surface area contributed by atoms with Crippen LogP contribution < -0.4 is 5.32 Å². The molecule has 0 unspecified atom stereocenters. The number of carbonyl (C=O) groups is 1. The molecule has 0 aliphatic rings. The van der Waals surface area contributed by atoms with Crippen molar-refractivity contribution in [1.82, 2.24) is 14.6 Å². The summed E-state index contributed by atoms with van der Waals surface area (Å²) in [6.07, 6.45) is 1.65. The molecule has 2 heterocycles. The summed E-state index contributed by atoms with van der Waals surface area (Å²) in [4.78, 5) is 17.6. The van der Waals surface area contributed by atoms with Crippen LogP contribution in [0.2, 0.25) is 0 Å². The van der Waals surface area contributed by atoms with E-state index in [4.69, 9.17) is 0 Å². The van der Waals surface area contributed by atoms with Gasteiger partial charge in [-0.25, -0.2) is 9.50 Å². The molecule has 0 atom stereocenters. The molecule has 5 heteroatoms. The summed E-state index contributed by atoms with van der Waals surface area (Å²) >= 11 is 0. The summed E-state index contributed by atoms with van der Waals surface area (Å²) in [5.74, 6) is -0.181. The molecule has 0 fully saturated rings. The van der Waals surface area contributed by atoms with Crippen LogP contribution in [0.3, 0.4) is 0 Å². The Hall–Kier alpha value is -3.47. The van der Waals surface area contributed by atoms with E-state index >= 15 is 0 Å². The second kappa shape index (κ2) is 7.17. The average molecular weight is 384 g/mol. The van der Waals surface area contributed by atoms with Crippen LogP contribution in [0.15, 0.2) is 48.7 Å². The van der Waals surface area contributed by atoms with Gasteiger partial charge in [-0.1, -0.05) is 48.0 Å². The molecule has 2 aromatic heterocycles.